The van der Waals surface area contributed by atoms with Crippen molar-refractivity contribution in [3.05, 3.63) is 58.7 Å². The van der Waals surface area contributed by atoms with Crippen LogP contribution in [0.4, 0.5) is 5.69 Å². The minimum Gasteiger partial charge on any atom is -0.378 e. The second-order valence-electron chi connectivity index (χ2n) is 12.3. The Balaban J connectivity index is 1.06. The molecule has 1 atom stereocenters. The lowest BCUT2D eigenvalue weighted by Gasteiger charge is -2.41. The molecule has 0 bridgehead atoms. The number of rotatable bonds is 8. The summed E-state index contributed by atoms with van der Waals surface area (Å²) in [7, 11) is 3.84. The van der Waals surface area contributed by atoms with Crippen LogP contribution in [0.3, 0.4) is 0 Å². The molecule has 7 nitrogen and oxygen atoms in total. The third-order valence-electron chi connectivity index (χ3n) is 9.65. The van der Waals surface area contributed by atoms with Gasteiger partial charge in [0.1, 0.15) is 0 Å². The van der Waals surface area contributed by atoms with Gasteiger partial charge in [-0.05, 0) is 87.2 Å². The minimum absolute atomic E-state index is 0.390. The predicted octanol–water partition coefficient (Wildman–Crippen LogP) is 5.49. The summed E-state index contributed by atoms with van der Waals surface area (Å²) in [5.41, 5.74) is 4.17. The largest absolute Gasteiger partial charge is 0.378 e. The van der Waals surface area contributed by atoms with Crippen LogP contribution < -0.4 is 9.74 Å². The van der Waals surface area contributed by atoms with E-state index in [0.717, 1.165) is 35.2 Å². The zero-order chi connectivity index (χ0) is 27.6. The molecule has 0 radical (unpaired) electrons. The summed E-state index contributed by atoms with van der Waals surface area (Å²) >= 11 is 0. The lowest BCUT2D eigenvalue weighted by molar-refractivity contribution is -0.0147. The maximum absolute atomic E-state index is 13.2. The lowest BCUT2D eigenvalue weighted by atomic mass is 9.80. The van der Waals surface area contributed by atoms with Crippen LogP contribution in [0.1, 0.15) is 95.5 Å². The third-order valence-corrected chi connectivity index (χ3v) is 9.65. The van der Waals surface area contributed by atoms with Gasteiger partial charge >= 0.3 is 0 Å². The van der Waals surface area contributed by atoms with Gasteiger partial charge in [-0.3, -0.25) is 14.5 Å². The van der Waals surface area contributed by atoms with Crippen LogP contribution >= 0.6 is 0 Å². The van der Waals surface area contributed by atoms with Crippen molar-refractivity contribution in [1.29, 1.82) is 0 Å². The summed E-state index contributed by atoms with van der Waals surface area (Å²) in [6.45, 7) is 6.03. The van der Waals surface area contributed by atoms with E-state index in [2.05, 4.69) is 15.9 Å². The van der Waals surface area contributed by atoms with Crippen molar-refractivity contribution in [2.45, 2.75) is 76.2 Å². The Hall–Kier alpha value is -2.90. The molecule has 0 aromatic heterocycles. The second-order valence-corrected chi connectivity index (χ2v) is 12.3. The number of fused-ring (bicyclic) bond motifs is 2. The average molecular weight is 545 g/mol. The van der Waals surface area contributed by atoms with Crippen molar-refractivity contribution in [3.8, 4) is 5.75 Å². The molecule has 2 fully saturated rings. The fraction of sp³-hybridized carbons (Fsp3) is 0.576. The zero-order valence-corrected chi connectivity index (χ0v) is 24.2. The van der Waals surface area contributed by atoms with Crippen molar-refractivity contribution in [3.63, 3.8) is 0 Å². The normalized spacial score (nSPS) is 22.4. The maximum Gasteiger partial charge on any atom is 0.295 e. The molecule has 214 valence electrons. The molecule has 1 saturated carbocycles. The molecule has 2 heterocycles. The first kappa shape index (κ1) is 27.3. The molecule has 0 spiro atoms. The van der Waals surface area contributed by atoms with E-state index in [9.17, 15) is 9.59 Å². The standard InChI is InChI=1S/C33H44N4O3/c1-34(2)26-16-17-29-30(23-26)33(39)37(32(29)38)40-31-15-7-13-27-24(9-6-14-28(27)31)10-8-18-35-19-21-36(22-20-35)25-11-4-3-5-12-25/h7,13,15-17,23-25H,3-6,8-12,14,18-22H2,1-2H3. The number of hydrogen-bond donors (Lipinski definition) is 0. The van der Waals surface area contributed by atoms with Crippen LogP contribution in [-0.4, -0.2) is 79.5 Å². The van der Waals surface area contributed by atoms with Crippen LogP contribution in [0.15, 0.2) is 36.4 Å². The van der Waals surface area contributed by atoms with Crippen molar-refractivity contribution < 1.29 is 14.4 Å². The third kappa shape index (κ3) is 5.51. The quantitative estimate of drug-likeness (QED) is 0.410. The van der Waals surface area contributed by atoms with Crippen LogP contribution in [-0.2, 0) is 6.42 Å². The average Bonchev–Trinajstić information content (AvgIpc) is 3.22. The topological polar surface area (TPSA) is 56.3 Å². The predicted molar refractivity (Wildman–Crippen MR) is 158 cm³/mol. The summed E-state index contributed by atoms with van der Waals surface area (Å²) in [6.07, 6.45) is 12.6. The van der Waals surface area contributed by atoms with Gasteiger partial charge in [-0.15, -0.1) is 0 Å². The highest BCUT2D eigenvalue weighted by Crippen LogP contribution is 2.40. The Bertz CT molecular complexity index is 1230. The lowest BCUT2D eigenvalue weighted by Crippen LogP contribution is -2.50. The summed E-state index contributed by atoms with van der Waals surface area (Å²) in [4.78, 5) is 39.7. The van der Waals surface area contributed by atoms with Gasteiger partial charge in [-0.1, -0.05) is 36.5 Å². The number of anilines is 1. The Kier molecular flexibility index (Phi) is 8.12. The Labute approximate surface area is 239 Å². The van der Waals surface area contributed by atoms with Gasteiger partial charge in [0.05, 0.1) is 11.1 Å². The second kappa shape index (κ2) is 11.9. The van der Waals surface area contributed by atoms with Gasteiger partial charge in [0, 0.05) is 57.6 Å². The molecule has 2 aromatic rings. The van der Waals surface area contributed by atoms with Gasteiger partial charge in [-0.2, -0.15) is 0 Å². The number of imide groups is 1. The molecule has 2 aliphatic carbocycles. The van der Waals surface area contributed by atoms with Gasteiger partial charge in [-0.25, -0.2) is 0 Å². The first-order valence-corrected chi connectivity index (χ1v) is 15.5. The summed E-state index contributed by atoms with van der Waals surface area (Å²) in [5.74, 6) is 0.361. The number of benzene rings is 2. The fourth-order valence-electron chi connectivity index (χ4n) is 7.32. The number of hydrogen-bond acceptors (Lipinski definition) is 6. The molecule has 4 aliphatic rings. The minimum atomic E-state index is -0.391. The monoisotopic (exact) mass is 544 g/mol. The van der Waals surface area contributed by atoms with Crippen LogP contribution in [0, 0.1) is 0 Å². The van der Waals surface area contributed by atoms with E-state index >= 15 is 0 Å². The fourth-order valence-corrected chi connectivity index (χ4v) is 7.32. The Morgan fingerprint density at radius 1 is 0.875 bits per heavy atom. The van der Waals surface area contributed by atoms with Crippen LogP contribution in [0.2, 0.25) is 0 Å². The zero-order valence-electron chi connectivity index (χ0n) is 24.2. The SMILES string of the molecule is CN(C)c1ccc2c(c1)C(=O)N(Oc1cccc3c1CCCC3CCCN1CCN(C3CCCCC3)CC1)C2=O. The first-order chi connectivity index (χ1) is 19.5. The molecule has 2 amide bonds. The highest BCUT2D eigenvalue weighted by molar-refractivity contribution is 6.21. The molecule has 1 saturated heterocycles. The number of hydroxylamine groups is 2. The Morgan fingerprint density at radius 3 is 2.42 bits per heavy atom. The van der Waals surface area contributed by atoms with E-state index in [1.807, 2.05) is 37.2 Å². The van der Waals surface area contributed by atoms with Crippen LogP contribution in [0.25, 0.3) is 0 Å². The molecule has 40 heavy (non-hydrogen) atoms. The van der Waals surface area contributed by atoms with Gasteiger partial charge in [0.25, 0.3) is 11.8 Å². The number of piperazine rings is 1. The van der Waals surface area contributed by atoms with Crippen molar-refractivity contribution >= 4 is 17.5 Å². The van der Waals surface area contributed by atoms with E-state index in [1.165, 1.54) is 89.7 Å². The first-order valence-electron chi connectivity index (χ1n) is 15.5. The molecular weight excluding hydrogens is 500 g/mol. The van der Waals surface area contributed by atoms with E-state index in [4.69, 9.17) is 4.84 Å². The van der Waals surface area contributed by atoms with Gasteiger partial charge in [0.2, 0.25) is 0 Å². The van der Waals surface area contributed by atoms with Crippen molar-refractivity contribution in [2.24, 2.45) is 0 Å². The van der Waals surface area contributed by atoms with E-state index in [0.29, 0.717) is 22.8 Å². The Morgan fingerprint density at radius 2 is 1.65 bits per heavy atom. The van der Waals surface area contributed by atoms with E-state index in [1.54, 1.807) is 12.1 Å². The molecular formula is C33H44N4O3. The van der Waals surface area contributed by atoms with E-state index < -0.39 is 5.91 Å². The highest BCUT2D eigenvalue weighted by Gasteiger charge is 2.39. The van der Waals surface area contributed by atoms with Gasteiger partial charge in [0.15, 0.2) is 5.75 Å². The maximum atomic E-state index is 13.2. The van der Waals surface area contributed by atoms with Gasteiger partial charge < -0.3 is 14.6 Å². The molecule has 1 unspecified atom stereocenters. The molecule has 0 N–H and O–H groups in total. The number of amides is 2. The number of carbonyl (C=O) groups excluding carboxylic acids is 2. The van der Waals surface area contributed by atoms with Crippen molar-refractivity contribution in [2.75, 3.05) is 51.7 Å². The smallest absolute Gasteiger partial charge is 0.295 e. The summed E-state index contributed by atoms with van der Waals surface area (Å²) < 4.78 is 0. The molecule has 2 aromatic carbocycles. The van der Waals surface area contributed by atoms with Crippen LogP contribution in [0.5, 0.6) is 5.75 Å². The summed E-state index contributed by atoms with van der Waals surface area (Å²) in [5, 5.41) is 0.955. The number of nitrogens with zero attached hydrogens (tertiary/aromatic N) is 4. The molecule has 6 rings (SSSR count). The molecule has 2 aliphatic heterocycles. The summed E-state index contributed by atoms with van der Waals surface area (Å²) in [6, 6.07) is 12.3. The number of carbonyl (C=O) groups is 2. The van der Waals surface area contributed by atoms with E-state index in [-0.39, 0.29) is 5.91 Å². The van der Waals surface area contributed by atoms with Crippen molar-refractivity contribution in [1.82, 2.24) is 14.9 Å². The highest BCUT2D eigenvalue weighted by atomic mass is 16.7. The molecule has 7 heteroatoms.